The molecule has 1 aromatic rings. The molecule has 0 fully saturated rings. The largest absolute Gasteiger partial charge is 0.368 e. The fraction of sp³-hybridized carbons (Fsp3) is 0.643. The van der Waals surface area contributed by atoms with Crippen molar-refractivity contribution in [3.05, 3.63) is 22.1 Å². The molecule has 1 atom stereocenters. The number of carbonyl (C=O) groups excluding carboxylic acids is 1. The standard InChI is InChI=1S/C14H24N4O2S/c1-4-5-10-8-12(19)18-14(17-10)21-7-6-11(13(15)20)16-9(2)3/h8-9,11,16H,4-7H2,1-3H3,(H2,15,20)(H,17,18,19). The second-order valence-electron chi connectivity index (χ2n) is 5.21. The Labute approximate surface area is 129 Å². The van der Waals surface area contributed by atoms with Crippen molar-refractivity contribution in [1.82, 2.24) is 15.3 Å². The quantitative estimate of drug-likeness (QED) is 0.467. The Morgan fingerprint density at radius 2 is 2.24 bits per heavy atom. The topological polar surface area (TPSA) is 101 Å². The average molecular weight is 312 g/mol. The number of aromatic amines is 1. The van der Waals surface area contributed by atoms with Crippen LogP contribution in [0.25, 0.3) is 0 Å². The van der Waals surface area contributed by atoms with Gasteiger partial charge in [0.15, 0.2) is 5.16 Å². The number of hydrogen-bond acceptors (Lipinski definition) is 5. The van der Waals surface area contributed by atoms with E-state index in [1.165, 1.54) is 17.8 Å². The molecule has 6 nitrogen and oxygen atoms in total. The average Bonchev–Trinajstić information content (AvgIpc) is 2.36. The van der Waals surface area contributed by atoms with E-state index in [-0.39, 0.29) is 23.6 Å². The molecule has 0 saturated carbocycles. The van der Waals surface area contributed by atoms with Crippen LogP contribution in [0.5, 0.6) is 0 Å². The molecule has 118 valence electrons. The predicted octanol–water partition coefficient (Wildman–Crippen LogP) is 1.06. The van der Waals surface area contributed by atoms with Gasteiger partial charge in [0.1, 0.15) is 0 Å². The number of nitrogens with one attached hydrogen (secondary N) is 2. The summed E-state index contributed by atoms with van der Waals surface area (Å²) >= 11 is 1.43. The van der Waals surface area contributed by atoms with Crippen LogP contribution in [0.1, 0.15) is 39.3 Å². The molecule has 1 unspecified atom stereocenters. The van der Waals surface area contributed by atoms with E-state index in [1.54, 1.807) is 0 Å². The van der Waals surface area contributed by atoms with Crippen LogP contribution >= 0.6 is 11.8 Å². The SMILES string of the molecule is CCCc1cc(=O)[nH]c(SCCC(NC(C)C)C(N)=O)n1. The number of primary amides is 1. The van der Waals surface area contributed by atoms with Gasteiger partial charge in [-0.25, -0.2) is 4.98 Å². The fourth-order valence-corrected chi connectivity index (χ4v) is 2.82. The molecule has 0 saturated heterocycles. The molecule has 0 aliphatic rings. The van der Waals surface area contributed by atoms with Gasteiger partial charge in [-0.1, -0.05) is 39.0 Å². The van der Waals surface area contributed by atoms with Crippen molar-refractivity contribution in [3.63, 3.8) is 0 Å². The van der Waals surface area contributed by atoms with E-state index in [0.717, 1.165) is 18.5 Å². The van der Waals surface area contributed by atoms with Crippen molar-refractivity contribution in [1.29, 1.82) is 0 Å². The van der Waals surface area contributed by atoms with Gasteiger partial charge in [0, 0.05) is 23.6 Å². The molecule has 21 heavy (non-hydrogen) atoms. The Morgan fingerprint density at radius 3 is 2.81 bits per heavy atom. The monoisotopic (exact) mass is 312 g/mol. The lowest BCUT2D eigenvalue weighted by Crippen LogP contribution is -2.44. The summed E-state index contributed by atoms with van der Waals surface area (Å²) < 4.78 is 0. The van der Waals surface area contributed by atoms with Gasteiger partial charge in [0.05, 0.1) is 6.04 Å². The summed E-state index contributed by atoms with van der Waals surface area (Å²) in [5.41, 5.74) is 6.03. The molecule has 4 N–H and O–H groups in total. The van der Waals surface area contributed by atoms with Crippen LogP contribution < -0.4 is 16.6 Å². The Kier molecular flexibility index (Phi) is 7.45. The zero-order valence-electron chi connectivity index (χ0n) is 12.8. The van der Waals surface area contributed by atoms with E-state index in [0.29, 0.717) is 17.3 Å². The zero-order valence-corrected chi connectivity index (χ0v) is 13.6. The number of rotatable bonds is 9. The summed E-state index contributed by atoms with van der Waals surface area (Å²) in [6, 6.07) is 1.36. The second kappa shape index (κ2) is 8.84. The highest BCUT2D eigenvalue weighted by atomic mass is 32.2. The first-order valence-corrected chi connectivity index (χ1v) is 8.19. The van der Waals surface area contributed by atoms with Crippen molar-refractivity contribution in [3.8, 4) is 0 Å². The van der Waals surface area contributed by atoms with E-state index < -0.39 is 0 Å². The second-order valence-corrected chi connectivity index (χ2v) is 6.29. The number of nitrogens with zero attached hydrogens (tertiary/aromatic N) is 1. The van der Waals surface area contributed by atoms with Crippen LogP contribution in [0.3, 0.4) is 0 Å². The number of amides is 1. The Hall–Kier alpha value is -1.34. The summed E-state index contributed by atoms with van der Waals surface area (Å²) in [7, 11) is 0. The third kappa shape index (κ3) is 6.77. The third-order valence-electron chi connectivity index (χ3n) is 2.80. The Morgan fingerprint density at radius 1 is 1.52 bits per heavy atom. The number of nitrogens with two attached hydrogens (primary N) is 1. The molecule has 0 spiro atoms. The van der Waals surface area contributed by atoms with Crippen LogP contribution in [-0.4, -0.2) is 33.7 Å². The summed E-state index contributed by atoms with van der Waals surface area (Å²) in [5, 5.41) is 3.72. The maximum atomic E-state index is 11.5. The lowest BCUT2D eigenvalue weighted by molar-refractivity contribution is -0.120. The molecule has 1 aromatic heterocycles. The van der Waals surface area contributed by atoms with Gasteiger partial charge in [0.25, 0.3) is 5.56 Å². The Bertz CT molecular complexity index is 516. The van der Waals surface area contributed by atoms with Gasteiger partial charge in [-0.3, -0.25) is 9.59 Å². The van der Waals surface area contributed by atoms with Crippen LogP contribution in [0.2, 0.25) is 0 Å². The highest BCUT2D eigenvalue weighted by Crippen LogP contribution is 2.14. The van der Waals surface area contributed by atoms with Crippen molar-refractivity contribution in [2.75, 3.05) is 5.75 Å². The minimum absolute atomic E-state index is 0.136. The summed E-state index contributed by atoms with van der Waals surface area (Å²) in [6.07, 6.45) is 2.33. The molecule has 0 aliphatic carbocycles. The molecule has 0 radical (unpaired) electrons. The number of aryl methyl sites for hydroxylation is 1. The normalized spacial score (nSPS) is 12.6. The fourth-order valence-electron chi connectivity index (χ4n) is 1.92. The van der Waals surface area contributed by atoms with Crippen molar-refractivity contribution in [2.24, 2.45) is 5.73 Å². The number of aromatic nitrogens is 2. The molecule has 1 amide bonds. The lowest BCUT2D eigenvalue weighted by Gasteiger charge is -2.17. The van der Waals surface area contributed by atoms with Crippen LogP contribution in [0.4, 0.5) is 0 Å². The first-order valence-electron chi connectivity index (χ1n) is 7.20. The van der Waals surface area contributed by atoms with Crippen LogP contribution in [0.15, 0.2) is 16.0 Å². The van der Waals surface area contributed by atoms with E-state index in [1.807, 2.05) is 20.8 Å². The number of thioether (sulfide) groups is 1. The van der Waals surface area contributed by atoms with Gasteiger partial charge >= 0.3 is 0 Å². The zero-order chi connectivity index (χ0) is 15.8. The summed E-state index contributed by atoms with van der Waals surface area (Å²) in [5.74, 6) is 0.303. The molecular weight excluding hydrogens is 288 g/mol. The molecular formula is C14H24N4O2S. The van der Waals surface area contributed by atoms with Crippen LogP contribution in [-0.2, 0) is 11.2 Å². The van der Waals surface area contributed by atoms with Gasteiger partial charge in [-0.15, -0.1) is 0 Å². The Balaban J connectivity index is 2.58. The van der Waals surface area contributed by atoms with E-state index in [4.69, 9.17) is 5.73 Å². The molecule has 0 aliphatic heterocycles. The highest BCUT2D eigenvalue weighted by molar-refractivity contribution is 7.99. The number of carbonyl (C=O) groups is 1. The first kappa shape index (κ1) is 17.7. The minimum atomic E-state index is -0.358. The maximum Gasteiger partial charge on any atom is 0.251 e. The first-order chi connectivity index (χ1) is 9.92. The van der Waals surface area contributed by atoms with Crippen molar-refractivity contribution >= 4 is 17.7 Å². The summed E-state index contributed by atoms with van der Waals surface area (Å²) in [6.45, 7) is 5.98. The van der Waals surface area contributed by atoms with Gasteiger partial charge in [-0.05, 0) is 12.8 Å². The minimum Gasteiger partial charge on any atom is -0.368 e. The lowest BCUT2D eigenvalue weighted by atomic mass is 10.2. The van der Waals surface area contributed by atoms with Crippen LogP contribution in [0, 0.1) is 0 Å². The maximum absolute atomic E-state index is 11.5. The molecule has 1 rings (SSSR count). The highest BCUT2D eigenvalue weighted by Gasteiger charge is 2.16. The van der Waals surface area contributed by atoms with Gasteiger partial charge in [0.2, 0.25) is 5.91 Å². The molecule has 7 heteroatoms. The predicted molar refractivity (Wildman–Crippen MR) is 85.4 cm³/mol. The van der Waals surface area contributed by atoms with Gasteiger partial charge in [-0.2, -0.15) is 0 Å². The number of hydrogen-bond donors (Lipinski definition) is 3. The van der Waals surface area contributed by atoms with Crippen molar-refractivity contribution < 1.29 is 4.79 Å². The third-order valence-corrected chi connectivity index (χ3v) is 3.71. The smallest absolute Gasteiger partial charge is 0.251 e. The molecule has 1 heterocycles. The van der Waals surface area contributed by atoms with Crippen molar-refractivity contribution in [2.45, 2.75) is 57.3 Å². The summed E-state index contributed by atoms with van der Waals surface area (Å²) in [4.78, 5) is 30.0. The molecule has 0 aromatic carbocycles. The number of H-pyrrole nitrogens is 1. The van der Waals surface area contributed by atoms with E-state index >= 15 is 0 Å². The van der Waals surface area contributed by atoms with E-state index in [9.17, 15) is 9.59 Å². The molecule has 0 bridgehead atoms. The van der Waals surface area contributed by atoms with Gasteiger partial charge < -0.3 is 16.0 Å². The van der Waals surface area contributed by atoms with E-state index in [2.05, 4.69) is 15.3 Å².